The third kappa shape index (κ3) is 4.65. The summed E-state index contributed by atoms with van der Waals surface area (Å²) in [5, 5.41) is 29.8. The number of nitrogens with zero attached hydrogens (tertiary/aromatic N) is 1. The number of nitro groups is 1. The minimum atomic E-state index is -0.474. The van der Waals surface area contributed by atoms with Crippen LogP contribution in [-0.2, 0) is 5.75 Å². The standard InChI is InChI=1S/C16H15NO5S/c1-22-13-5-2-11(3-6-13)10-23-16(17(20)21)9-12-4-7-14(18)15(19)8-12/h2-9,18-19H,10H2,1H3/b16-9+. The highest BCUT2D eigenvalue weighted by molar-refractivity contribution is 8.02. The van der Waals surface area contributed by atoms with Crippen molar-refractivity contribution < 1.29 is 19.9 Å². The van der Waals surface area contributed by atoms with Crippen molar-refractivity contribution in [3.8, 4) is 17.2 Å². The summed E-state index contributed by atoms with van der Waals surface area (Å²) >= 11 is 1.08. The molecule has 0 amide bonds. The number of hydrogen-bond acceptors (Lipinski definition) is 6. The molecule has 6 nitrogen and oxygen atoms in total. The van der Waals surface area contributed by atoms with Crippen molar-refractivity contribution in [1.29, 1.82) is 0 Å². The summed E-state index contributed by atoms with van der Waals surface area (Å²) in [5.74, 6) is 0.571. The molecule has 0 atom stereocenters. The Morgan fingerprint density at radius 3 is 2.48 bits per heavy atom. The van der Waals surface area contributed by atoms with Crippen LogP contribution in [0.3, 0.4) is 0 Å². The number of hydrogen-bond donors (Lipinski definition) is 2. The van der Waals surface area contributed by atoms with Crippen LogP contribution < -0.4 is 4.74 Å². The monoisotopic (exact) mass is 333 g/mol. The van der Waals surface area contributed by atoms with Gasteiger partial charge in [-0.15, -0.1) is 0 Å². The lowest BCUT2D eigenvalue weighted by atomic mass is 10.2. The Balaban J connectivity index is 2.12. The zero-order valence-corrected chi connectivity index (χ0v) is 13.1. The topological polar surface area (TPSA) is 92.8 Å². The van der Waals surface area contributed by atoms with Gasteiger partial charge in [0.2, 0.25) is 0 Å². The third-order valence-corrected chi connectivity index (χ3v) is 4.06. The minimum absolute atomic E-state index is 0.0501. The summed E-state index contributed by atoms with van der Waals surface area (Å²) in [6, 6.07) is 11.3. The summed E-state index contributed by atoms with van der Waals surface area (Å²) in [4.78, 5) is 10.7. The number of thioether (sulfide) groups is 1. The molecule has 0 bridgehead atoms. The molecule has 7 heteroatoms. The molecule has 23 heavy (non-hydrogen) atoms. The van der Waals surface area contributed by atoms with Gasteiger partial charge in [0.05, 0.1) is 12.0 Å². The van der Waals surface area contributed by atoms with Crippen molar-refractivity contribution in [2.24, 2.45) is 0 Å². The highest BCUT2D eigenvalue weighted by atomic mass is 32.2. The van der Waals surface area contributed by atoms with Gasteiger partial charge < -0.3 is 14.9 Å². The molecule has 0 aliphatic rings. The maximum Gasteiger partial charge on any atom is 0.304 e. The Labute approximate surface area is 137 Å². The number of rotatable bonds is 6. The second kappa shape index (κ2) is 7.55. The van der Waals surface area contributed by atoms with E-state index in [2.05, 4.69) is 0 Å². The van der Waals surface area contributed by atoms with E-state index < -0.39 is 4.92 Å². The Bertz CT molecular complexity index is 728. The van der Waals surface area contributed by atoms with Crippen molar-refractivity contribution in [3.05, 3.63) is 68.7 Å². The van der Waals surface area contributed by atoms with Crippen molar-refractivity contribution in [3.63, 3.8) is 0 Å². The molecule has 2 aromatic rings. The molecule has 0 saturated carbocycles. The van der Waals surface area contributed by atoms with Crippen molar-refractivity contribution >= 4 is 17.8 Å². The average molecular weight is 333 g/mol. The highest BCUT2D eigenvalue weighted by Crippen LogP contribution is 2.29. The molecule has 0 aliphatic heterocycles. The molecule has 0 aromatic heterocycles. The van der Waals surface area contributed by atoms with Crippen LogP contribution in [0.4, 0.5) is 0 Å². The lowest BCUT2D eigenvalue weighted by Gasteiger charge is -2.03. The van der Waals surface area contributed by atoms with Crippen LogP contribution in [0.1, 0.15) is 11.1 Å². The first kappa shape index (κ1) is 16.7. The van der Waals surface area contributed by atoms with E-state index in [1.807, 2.05) is 12.1 Å². The first-order valence-corrected chi connectivity index (χ1v) is 7.62. The van der Waals surface area contributed by atoms with Crippen LogP contribution in [0, 0.1) is 10.1 Å². The predicted molar refractivity (Wildman–Crippen MR) is 89.0 cm³/mol. The number of phenols is 2. The smallest absolute Gasteiger partial charge is 0.304 e. The molecule has 0 spiro atoms. The van der Waals surface area contributed by atoms with E-state index >= 15 is 0 Å². The highest BCUT2D eigenvalue weighted by Gasteiger charge is 2.13. The minimum Gasteiger partial charge on any atom is -0.504 e. The van der Waals surface area contributed by atoms with E-state index in [1.165, 1.54) is 24.3 Å². The van der Waals surface area contributed by atoms with Crippen LogP contribution in [-0.4, -0.2) is 22.2 Å². The van der Waals surface area contributed by atoms with Crippen LogP contribution in [0.5, 0.6) is 17.2 Å². The first-order chi connectivity index (χ1) is 11.0. The van der Waals surface area contributed by atoms with Gasteiger partial charge in [0.25, 0.3) is 0 Å². The van der Waals surface area contributed by atoms with Crippen molar-refractivity contribution in [1.82, 2.24) is 0 Å². The quantitative estimate of drug-likeness (QED) is 0.476. The van der Waals surface area contributed by atoms with Gasteiger partial charge in [-0.25, -0.2) is 0 Å². The van der Waals surface area contributed by atoms with Gasteiger partial charge >= 0.3 is 5.03 Å². The van der Waals surface area contributed by atoms with Crippen LogP contribution >= 0.6 is 11.8 Å². The van der Waals surface area contributed by atoms with Gasteiger partial charge in [0.15, 0.2) is 11.5 Å². The second-order valence-electron chi connectivity index (χ2n) is 4.62. The molecule has 0 aliphatic carbocycles. The van der Waals surface area contributed by atoms with Gasteiger partial charge in [-0.1, -0.05) is 18.2 Å². The van der Waals surface area contributed by atoms with Gasteiger partial charge in [-0.05, 0) is 47.2 Å². The fraction of sp³-hybridized carbons (Fsp3) is 0.125. The number of benzene rings is 2. The zero-order valence-electron chi connectivity index (χ0n) is 12.3. The Morgan fingerprint density at radius 1 is 1.22 bits per heavy atom. The molecule has 0 radical (unpaired) electrons. The lowest BCUT2D eigenvalue weighted by Crippen LogP contribution is -1.95. The molecule has 0 heterocycles. The molecule has 2 rings (SSSR count). The largest absolute Gasteiger partial charge is 0.504 e. The molecule has 0 unspecified atom stereocenters. The van der Waals surface area contributed by atoms with Crippen molar-refractivity contribution in [2.45, 2.75) is 5.75 Å². The SMILES string of the molecule is COc1ccc(CS/C(=C/c2ccc(O)c(O)c2)[N+](=O)[O-])cc1. The maximum atomic E-state index is 11.2. The van der Waals surface area contributed by atoms with Gasteiger partial charge in [-0.2, -0.15) is 0 Å². The Hall–Kier alpha value is -2.67. The molecule has 0 fully saturated rings. The summed E-state index contributed by atoms with van der Waals surface area (Å²) in [5.41, 5.74) is 1.37. The number of ether oxygens (including phenoxy) is 1. The summed E-state index contributed by atoms with van der Waals surface area (Å²) in [7, 11) is 1.57. The normalized spacial score (nSPS) is 11.3. The Kier molecular flexibility index (Phi) is 5.48. The fourth-order valence-corrected chi connectivity index (χ4v) is 2.63. The van der Waals surface area contributed by atoms with Gasteiger partial charge in [0, 0.05) is 11.8 Å². The van der Waals surface area contributed by atoms with E-state index in [-0.39, 0.29) is 16.5 Å². The molecular weight excluding hydrogens is 318 g/mol. The summed E-state index contributed by atoms with van der Waals surface area (Å²) < 4.78 is 5.06. The number of aromatic hydroxyl groups is 2. The van der Waals surface area contributed by atoms with Crippen LogP contribution in [0.25, 0.3) is 6.08 Å². The van der Waals surface area contributed by atoms with E-state index in [0.717, 1.165) is 23.1 Å². The number of methoxy groups -OCH3 is 1. The fourth-order valence-electron chi connectivity index (χ4n) is 1.80. The van der Waals surface area contributed by atoms with Gasteiger partial charge in [0.1, 0.15) is 5.75 Å². The lowest BCUT2D eigenvalue weighted by molar-refractivity contribution is -0.408. The third-order valence-electron chi connectivity index (χ3n) is 3.02. The maximum absolute atomic E-state index is 11.2. The second-order valence-corrected chi connectivity index (χ2v) is 5.62. The predicted octanol–water partition coefficient (Wildman–Crippen LogP) is 3.61. The van der Waals surface area contributed by atoms with Gasteiger partial charge in [-0.3, -0.25) is 10.1 Å². The van der Waals surface area contributed by atoms with Crippen molar-refractivity contribution in [2.75, 3.05) is 7.11 Å². The number of phenolic OH excluding ortho intramolecular Hbond substituents is 2. The Morgan fingerprint density at radius 2 is 1.91 bits per heavy atom. The van der Waals surface area contributed by atoms with Crippen LogP contribution in [0.15, 0.2) is 47.5 Å². The summed E-state index contributed by atoms with van der Waals surface area (Å²) in [6.07, 6.45) is 1.35. The average Bonchev–Trinajstić information content (AvgIpc) is 2.55. The van der Waals surface area contributed by atoms with Crippen LogP contribution in [0.2, 0.25) is 0 Å². The molecule has 2 N–H and O–H groups in total. The molecule has 2 aromatic carbocycles. The van der Waals surface area contributed by atoms with E-state index in [4.69, 9.17) is 4.74 Å². The van der Waals surface area contributed by atoms with E-state index in [1.54, 1.807) is 19.2 Å². The summed E-state index contributed by atoms with van der Waals surface area (Å²) in [6.45, 7) is 0. The van der Waals surface area contributed by atoms with E-state index in [0.29, 0.717) is 11.3 Å². The van der Waals surface area contributed by atoms with E-state index in [9.17, 15) is 20.3 Å². The molecular formula is C16H15NO5S. The molecule has 120 valence electrons. The zero-order chi connectivity index (χ0) is 16.8. The molecule has 0 saturated heterocycles. The first-order valence-electron chi connectivity index (χ1n) is 6.63.